The Labute approximate surface area is 75.3 Å². The molecule has 0 aromatic carbocycles. The van der Waals surface area contributed by atoms with Crippen LogP contribution in [0.1, 0.15) is 5.76 Å². The number of pyridine rings is 1. The smallest absolute Gasteiger partial charge is 0.204 e. The van der Waals surface area contributed by atoms with Gasteiger partial charge in [-0.05, 0) is 24.3 Å². The Morgan fingerprint density at radius 2 is 2.15 bits per heavy atom. The normalized spacial score (nSPS) is 9.46. The summed E-state index contributed by atoms with van der Waals surface area (Å²) in [5, 5.41) is 8.53. The Bertz CT molecular complexity index is 439. The van der Waals surface area contributed by atoms with Crippen LogP contribution in [0.15, 0.2) is 40.9 Å². The lowest BCUT2D eigenvalue weighted by Gasteiger charge is -1.92. The molecule has 2 heterocycles. The van der Waals surface area contributed by atoms with Crippen LogP contribution in [0.5, 0.6) is 0 Å². The van der Waals surface area contributed by atoms with Gasteiger partial charge in [-0.3, -0.25) is 4.98 Å². The van der Waals surface area contributed by atoms with Gasteiger partial charge in [0.1, 0.15) is 11.8 Å². The summed E-state index contributed by atoms with van der Waals surface area (Å²) in [4.78, 5) is 4.09. The molecule has 0 bridgehead atoms. The van der Waals surface area contributed by atoms with Crippen LogP contribution in [0, 0.1) is 11.3 Å². The predicted octanol–water partition coefficient (Wildman–Crippen LogP) is 2.21. The number of furan rings is 1. The fourth-order valence-corrected chi connectivity index (χ4v) is 1.04. The molecule has 3 heteroatoms. The third kappa shape index (κ3) is 1.42. The summed E-state index contributed by atoms with van der Waals surface area (Å²) in [6.45, 7) is 0. The lowest BCUT2D eigenvalue weighted by atomic mass is 10.3. The molecule has 0 aliphatic rings. The molecule has 0 aliphatic heterocycles. The zero-order valence-electron chi connectivity index (χ0n) is 6.77. The quantitative estimate of drug-likeness (QED) is 0.659. The number of nitriles is 1. The van der Waals surface area contributed by atoms with E-state index in [-0.39, 0.29) is 0 Å². The van der Waals surface area contributed by atoms with Crippen LogP contribution in [-0.2, 0) is 0 Å². The Hall–Kier alpha value is -2.08. The van der Waals surface area contributed by atoms with Crippen molar-refractivity contribution in [3.05, 3.63) is 42.3 Å². The summed E-state index contributed by atoms with van der Waals surface area (Å²) in [6, 6.07) is 10.8. The van der Waals surface area contributed by atoms with Crippen LogP contribution in [-0.4, -0.2) is 4.98 Å². The van der Waals surface area contributed by atoms with Gasteiger partial charge in [0.05, 0.1) is 0 Å². The van der Waals surface area contributed by atoms with Crippen LogP contribution in [0.3, 0.4) is 0 Å². The number of hydrogen-bond acceptors (Lipinski definition) is 3. The molecule has 0 saturated heterocycles. The van der Waals surface area contributed by atoms with Crippen LogP contribution >= 0.6 is 0 Å². The van der Waals surface area contributed by atoms with Crippen molar-refractivity contribution in [2.75, 3.05) is 0 Å². The van der Waals surface area contributed by atoms with Crippen molar-refractivity contribution in [2.24, 2.45) is 0 Å². The van der Waals surface area contributed by atoms with Crippen LogP contribution in [0.2, 0.25) is 0 Å². The van der Waals surface area contributed by atoms with E-state index < -0.39 is 0 Å². The highest BCUT2D eigenvalue weighted by Gasteiger charge is 2.03. The molecule has 2 aromatic rings. The van der Waals surface area contributed by atoms with E-state index in [9.17, 15) is 0 Å². The highest BCUT2D eigenvalue weighted by Crippen LogP contribution is 2.18. The summed E-state index contributed by atoms with van der Waals surface area (Å²) in [7, 11) is 0. The van der Waals surface area contributed by atoms with Gasteiger partial charge in [-0.1, -0.05) is 6.07 Å². The van der Waals surface area contributed by atoms with Crippen molar-refractivity contribution >= 4 is 0 Å². The first-order valence-corrected chi connectivity index (χ1v) is 3.81. The SMILES string of the molecule is N#Cc1ccc(-c2ccccn2)o1. The number of aromatic nitrogens is 1. The molecule has 0 amide bonds. The van der Waals surface area contributed by atoms with E-state index in [2.05, 4.69) is 4.98 Å². The molecule has 2 aromatic heterocycles. The van der Waals surface area contributed by atoms with Crippen molar-refractivity contribution in [2.45, 2.75) is 0 Å². The highest BCUT2D eigenvalue weighted by atomic mass is 16.3. The number of nitrogens with zero attached hydrogens (tertiary/aromatic N) is 2. The molecule has 0 radical (unpaired) electrons. The summed E-state index contributed by atoms with van der Waals surface area (Å²) in [5.41, 5.74) is 0.740. The van der Waals surface area contributed by atoms with Gasteiger partial charge in [-0.25, -0.2) is 0 Å². The molecule has 62 valence electrons. The molecular weight excluding hydrogens is 164 g/mol. The molecule has 0 N–H and O–H groups in total. The number of hydrogen-bond donors (Lipinski definition) is 0. The molecule has 3 nitrogen and oxygen atoms in total. The molecule has 0 spiro atoms. The Kier molecular flexibility index (Phi) is 1.81. The lowest BCUT2D eigenvalue weighted by molar-refractivity contribution is 0.565. The van der Waals surface area contributed by atoms with Crippen molar-refractivity contribution in [3.8, 4) is 17.5 Å². The third-order valence-corrected chi connectivity index (χ3v) is 1.63. The van der Waals surface area contributed by atoms with Crippen molar-refractivity contribution in [3.63, 3.8) is 0 Å². The Balaban J connectivity index is 2.43. The minimum absolute atomic E-state index is 0.306. The van der Waals surface area contributed by atoms with E-state index in [4.69, 9.17) is 9.68 Å². The van der Waals surface area contributed by atoms with Gasteiger partial charge in [0.2, 0.25) is 5.76 Å². The molecule has 0 atom stereocenters. The molecule has 2 rings (SSSR count). The maximum Gasteiger partial charge on any atom is 0.204 e. The number of rotatable bonds is 1. The van der Waals surface area contributed by atoms with E-state index in [0.29, 0.717) is 11.5 Å². The van der Waals surface area contributed by atoms with Gasteiger partial charge in [-0.15, -0.1) is 0 Å². The van der Waals surface area contributed by atoms with E-state index in [1.54, 1.807) is 18.3 Å². The second-order valence-electron chi connectivity index (χ2n) is 2.49. The third-order valence-electron chi connectivity index (χ3n) is 1.63. The highest BCUT2D eigenvalue weighted by molar-refractivity contribution is 5.52. The minimum Gasteiger partial charge on any atom is -0.444 e. The van der Waals surface area contributed by atoms with Gasteiger partial charge in [-0.2, -0.15) is 5.26 Å². The summed E-state index contributed by atoms with van der Waals surface area (Å²) in [5.74, 6) is 0.929. The Morgan fingerprint density at radius 3 is 2.77 bits per heavy atom. The topological polar surface area (TPSA) is 49.8 Å². The van der Waals surface area contributed by atoms with Gasteiger partial charge < -0.3 is 4.42 Å². The molecule has 0 saturated carbocycles. The monoisotopic (exact) mass is 170 g/mol. The largest absolute Gasteiger partial charge is 0.444 e. The lowest BCUT2D eigenvalue weighted by Crippen LogP contribution is -1.77. The molecule has 0 unspecified atom stereocenters. The zero-order chi connectivity index (χ0) is 9.10. The van der Waals surface area contributed by atoms with Gasteiger partial charge in [0, 0.05) is 6.20 Å². The van der Waals surface area contributed by atoms with Crippen molar-refractivity contribution in [1.29, 1.82) is 5.26 Å². The van der Waals surface area contributed by atoms with Gasteiger partial charge in [0.25, 0.3) is 0 Å². The van der Waals surface area contributed by atoms with E-state index in [1.165, 1.54) is 0 Å². The van der Waals surface area contributed by atoms with Gasteiger partial charge in [0.15, 0.2) is 5.76 Å². The zero-order valence-corrected chi connectivity index (χ0v) is 6.77. The standard InChI is InChI=1S/C10H6N2O/c11-7-8-4-5-10(13-8)9-3-1-2-6-12-9/h1-6H. The van der Waals surface area contributed by atoms with Gasteiger partial charge >= 0.3 is 0 Å². The Morgan fingerprint density at radius 1 is 1.23 bits per heavy atom. The average molecular weight is 170 g/mol. The van der Waals surface area contributed by atoms with Crippen LogP contribution in [0.25, 0.3) is 11.5 Å². The first-order valence-electron chi connectivity index (χ1n) is 3.81. The van der Waals surface area contributed by atoms with E-state index in [1.807, 2.05) is 24.3 Å². The van der Waals surface area contributed by atoms with Crippen LogP contribution in [0.4, 0.5) is 0 Å². The first kappa shape index (κ1) is 7.56. The second kappa shape index (κ2) is 3.11. The maximum absolute atomic E-state index is 8.53. The predicted molar refractivity (Wildman–Crippen MR) is 46.7 cm³/mol. The summed E-state index contributed by atoms with van der Waals surface area (Å²) >= 11 is 0. The second-order valence-corrected chi connectivity index (χ2v) is 2.49. The maximum atomic E-state index is 8.53. The molecule has 0 aliphatic carbocycles. The summed E-state index contributed by atoms with van der Waals surface area (Å²) < 4.78 is 5.20. The van der Waals surface area contributed by atoms with Crippen molar-refractivity contribution < 1.29 is 4.42 Å². The van der Waals surface area contributed by atoms with Crippen molar-refractivity contribution in [1.82, 2.24) is 4.98 Å². The fraction of sp³-hybridized carbons (Fsp3) is 0. The van der Waals surface area contributed by atoms with Crippen LogP contribution < -0.4 is 0 Å². The molecular formula is C10H6N2O. The fourth-order valence-electron chi connectivity index (χ4n) is 1.04. The first-order chi connectivity index (χ1) is 6.40. The van der Waals surface area contributed by atoms with E-state index in [0.717, 1.165) is 5.69 Å². The van der Waals surface area contributed by atoms with E-state index >= 15 is 0 Å². The summed E-state index contributed by atoms with van der Waals surface area (Å²) in [6.07, 6.45) is 1.68. The average Bonchev–Trinajstić information content (AvgIpc) is 2.67. The molecule has 13 heavy (non-hydrogen) atoms. The molecule has 0 fully saturated rings. The minimum atomic E-state index is 0.306.